The van der Waals surface area contributed by atoms with Gasteiger partial charge in [-0.05, 0) is 36.2 Å². The highest BCUT2D eigenvalue weighted by Crippen LogP contribution is 2.26. The minimum Gasteiger partial charge on any atom is -0.508 e. The fraction of sp³-hybridized carbons (Fsp3) is 0.150. The summed E-state index contributed by atoms with van der Waals surface area (Å²) in [4.78, 5) is 20.3. The summed E-state index contributed by atoms with van der Waals surface area (Å²) in [7, 11) is 0. The quantitative estimate of drug-likeness (QED) is 0.661. The third-order valence-electron chi connectivity index (χ3n) is 4.33. The number of hydrogen-bond acceptors (Lipinski definition) is 5. The highest BCUT2D eigenvalue weighted by molar-refractivity contribution is 5.98. The molecule has 0 fully saturated rings. The van der Waals surface area contributed by atoms with Crippen molar-refractivity contribution in [1.29, 1.82) is 0 Å². The molecular weight excluding hydrogens is 328 g/mol. The molecule has 3 heterocycles. The Hall–Kier alpha value is -3.41. The highest BCUT2D eigenvalue weighted by atomic mass is 16.3. The lowest BCUT2D eigenvalue weighted by Crippen LogP contribution is -2.05. The van der Waals surface area contributed by atoms with E-state index in [1.807, 2.05) is 36.4 Å². The summed E-state index contributed by atoms with van der Waals surface area (Å²) in [6, 6.07) is 13.1. The summed E-state index contributed by atoms with van der Waals surface area (Å²) in [6.07, 6.45) is 4.54. The van der Waals surface area contributed by atoms with Crippen LogP contribution in [0.25, 0.3) is 11.3 Å². The van der Waals surface area contributed by atoms with Gasteiger partial charge < -0.3 is 15.7 Å². The summed E-state index contributed by atoms with van der Waals surface area (Å²) in [5.41, 5.74) is 5.02. The topological polar surface area (TPSA) is 87.1 Å². The molecule has 0 spiro atoms. The molecule has 0 saturated carbocycles. The van der Waals surface area contributed by atoms with E-state index in [4.69, 9.17) is 0 Å². The van der Waals surface area contributed by atoms with Crippen LogP contribution in [0.3, 0.4) is 0 Å². The van der Waals surface area contributed by atoms with E-state index in [0.717, 1.165) is 33.9 Å². The second-order valence-corrected chi connectivity index (χ2v) is 6.18. The first-order valence-corrected chi connectivity index (χ1v) is 8.45. The number of rotatable bonds is 5. The normalized spacial score (nSPS) is 12.5. The molecule has 4 rings (SSSR count). The number of pyridine rings is 2. The first-order valence-electron chi connectivity index (χ1n) is 8.45. The van der Waals surface area contributed by atoms with Gasteiger partial charge in [-0.1, -0.05) is 18.2 Å². The maximum Gasteiger partial charge on any atom is 0.230 e. The number of carbonyl (C=O) groups excluding carboxylic acids is 1. The molecule has 130 valence electrons. The van der Waals surface area contributed by atoms with Gasteiger partial charge in [0, 0.05) is 24.5 Å². The van der Waals surface area contributed by atoms with Crippen LogP contribution in [0, 0.1) is 0 Å². The SMILES string of the molecule is O=C1Cc2nc(-c3cncc(NCCc4ccccc4O)c3)ccc2N1. The lowest BCUT2D eigenvalue weighted by Gasteiger charge is -2.09. The zero-order valence-electron chi connectivity index (χ0n) is 14.1. The highest BCUT2D eigenvalue weighted by Gasteiger charge is 2.19. The third kappa shape index (κ3) is 3.35. The molecule has 3 aromatic rings. The number of amides is 1. The number of aromatic nitrogens is 2. The van der Waals surface area contributed by atoms with E-state index in [1.165, 1.54) is 0 Å². The van der Waals surface area contributed by atoms with Crippen molar-refractivity contribution >= 4 is 17.3 Å². The summed E-state index contributed by atoms with van der Waals surface area (Å²) >= 11 is 0. The summed E-state index contributed by atoms with van der Waals surface area (Å²) in [5.74, 6) is 0.286. The van der Waals surface area contributed by atoms with Crippen LogP contribution in [0.5, 0.6) is 5.75 Å². The number of carbonyl (C=O) groups is 1. The average molecular weight is 346 g/mol. The van der Waals surface area contributed by atoms with E-state index >= 15 is 0 Å². The monoisotopic (exact) mass is 346 g/mol. The molecule has 2 aromatic heterocycles. The summed E-state index contributed by atoms with van der Waals surface area (Å²) < 4.78 is 0. The van der Waals surface area contributed by atoms with E-state index in [1.54, 1.807) is 18.5 Å². The molecule has 0 saturated heterocycles. The largest absolute Gasteiger partial charge is 0.508 e. The van der Waals surface area contributed by atoms with Crippen molar-refractivity contribution in [3.05, 3.63) is 66.1 Å². The maximum absolute atomic E-state index is 11.5. The molecule has 0 radical (unpaired) electrons. The van der Waals surface area contributed by atoms with Crippen molar-refractivity contribution in [2.75, 3.05) is 17.2 Å². The van der Waals surface area contributed by atoms with Gasteiger partial charge in [0.15, 0.2) is 0 Å². The van der Waals surface area contributed by atoms with Crippen molar-refractivity contribution in [1.82, 2.24) is 9.97 Å². The molecule has 0 bridgehead atoms. The molecule has 6 heteroatoms. The Morgan fingerprint density at radius 3 is 2.92 bits per heavy atom. The van der Waals surface area contributed by atoms with Crippen LogP contribution in [-0.2, 0) is 17.6 Å². The Morgan fingerprint density at radius 1 is 1.15 bits per heavy atom. The fourth-order valence-corrected chi connectivity index (χ4v) is 3.00. The standard InChI is InChI=1S/C20H18N4O2/c25-19-4-2-1-3-13(19)7-8-22-15-9-14(11-21-12-15)16-5-6-17-18(23-16)10-20(26)24-17/h1-6,9,11-12,22,25H,7-8,10H2,(H,24,26). The van der Waals surface area contributed by atoms with Crippen molar-refractivity contribution in [2.24, 2.45) is 0 Å². The number of phenols is 1. The van der Waals surface area contributed by atoms with Crippen LogP contribution in [0.2, 0.25) is 0 Å². The van der Waals surface area contributed by atoms with Crippen LogP contribution < -0.4 is 10.6 Å². The molecule has 26 heavy (non-hydrogen) atoms. The van der Waals surface area contributed by atoms with E-state index in [9.17, 15) is 9.90 Å². The van der Waals surface area contributed by atoms with Crippen molar-refractivity contribution in [2.45, 2.75) is 12.8 Å². The van der Waals surface area contributed by atoms with Gasteiger partial charge in [-0.3, -0.25) is 14.8 Å². The predicted molar refractivity (Wildman–Crippen MR) is 100 cm³/mol. The van der Waals surface area contributed by atoms with E-state index in [-0.39, 0.29) is 5.91 Å². The zero-order chi connectivity index (χ0) is 17.9. The van der Waals surface area contributed by atoms with Gasteiger partial charge in [0.25, 0.3) is 0 Å². The fourth-order valence-electron chi connectivity index (χ4n) is 3.00. The number of anilines is 2. The third-order valence-corrected chi connectivity index (χ3v) is 4.33. The lowest BCUT2D eigenvalue weighted by molar-refractivity contribution is -0.115. The number of aromatic hydroxyl groups is 1. The minimum absolute atomic E-state index is 0.0256. The van der Waals surface area contributed by atoms with Gasteiger partial charge in [-0.25, -0.2) is 0 Å². The molecule has 1 aromatic carbocycles. The second-order valence-electron chi connectivity index (χ2n) is 6.18. The predicted octanol–water partition coefficient (Wildman–Crippen LogP) is 3.00. The number of para-hydroxylation sites is 1. The van der Waals surface area contributed by atoms with Crippen LogP contribution in [0.15, 0.2) is 54.9 Å². The summed E-state index contributed by atoms with van der Waals surface area (Å²) in [5, 5.41) is 15.9. The summed E-state index contributed by atoms with van der Waals surface area (Å²) in [6.45, 7) is 0.679. The molecule has 3 N–H and O–H groups in total. The van der Waals surface area contributed by atoms with Crippen molar-refractivity contribution < 1.29 is 9.90 Å². The molecule has 6 nitrogen and oxygen atoms in total. The number of hydrogen-bond donors (Lipinski definition) is 3. The first kappa shape index (κ1) is 16.1. The molecule has 0 unspecified atom stereocenters. The Bertz CT molecular complexity index is 972. The van der Waals surface area contributed by atoms with Gasteiger partial charge in [-0.15, -0.1) is 0 Å². The molecule has 1 amide bonds. The van der Waals surface area contributed by atoms with Gasteiger partial charge in [0.05, 0.1) is 29.2 Å². The minimum atomic E-state index is -0.0256. The van der Waals surface area contributed by atoms with Gasteiger partial charge >= 0.3 is 0 Å². The van der Waals surface area contributed by atoms with Crippen LogP contribution in [-0.4, -0.2) is 27.5 Å². The van der Waals surface area contributed by atoms with Crippen molar-refractivity contribution in [3.8, 4) is 17.0 Å². The smallest absolute Gasteiger partial charge is 0.230 e. The van der Waals surface area contributed by atoms with Crippen LogP contribution in [0.4, 0.5) is 11.4 Å². The van der Waals surface area contributed by atoms with Crippen LogP contribution >= 0.6 is 0 Å². The van der Waals surface area contributed by atoms with E-state index in [2.05, 4.69) is 20.6 Å². The van der Waals surface area contributed by atoms with E-state index in [0.29, 0.717) is 25.1 Å². The van der Waals surface area contributed by atoms with E-state index < -0.39 is 0 Å². The van der Waals surface area contributed by atoms with Gasteiger partial charge in [-0.2, -0.15) is 0 Å². The number of phenolic OH excluding ortho intramolecular Hbond substituents is 1. The number of nitrogens with zero attached hydrogens (tertiary/aromatic N) is 2. The second kappa shape index (κ2) is 6.84. The Balaban J connectivity index is 1.46. The Kier molecular flexibility index (Phi) is 4.23. The first-order chi connectivity index (χ1) is 12.7. The average Bonchev–Trinajstić information content (AvgIpc) is 3.03. The van der Waals surface area contributed by atoms with Crippen molar-refractivity contribution in [3.63, 3.8) is 0 Å². The van der Waals surface area contributed by atoms with Crippen LogP contribution in [0.1, 0.15) is 11.3 Å². The molecule has 0 aliphatic carbocycles. The zero-order valence-corrected chi connectivity index (χ0v) is 14.1. The molecule has 1 aliphatic heterocycles. The lowest BCUT2D eigenvalue weighted by atomic mass is 10.1. The number of nitrogens with one attached hydrogen (secondary N) is 2. The Labute approximate surface area is 150 Å². The molecular formula is C20H18N4O2. The molecule has 0 atom stereocenters. The van der Waals surface area contributed by atoms with Gasteiger partial charge in [0.1, 0.15) is 5.75 Å². The molecule has 1 aliphatic rings. The maximum atomic E-state index is 11.5. The number of benzene rings is 1. The van der Waals surface area contributed by atoms with Gasteiger partial charge in [0.2, 0.25) is 5.91 Å². The Morgan fingerprint density at radius 2 is 2.04 bits per heavy atom. The number of fused-ring (bicyclic) bond motifs is 1.